The molecule has 0 aliphatic rings. The van der Waals surface area contributed by atoms with Crippen molar-refractivity contribution in [1.29, 1.82) is 5.26 Å². The van der Waals surface area contributed by atoms with Crippen LogP contribution >= 0.6 is 0 Å². The number of aromatic nitrogens is 3. The lowest BCUT2D eigenvalue weighted by molar-refractivity contribution is -0.115. The Kier molecular flexibility index (Phi) is 6.92. The van der Waals surface area contributed by atoms with E-state index in [9.17, 15) is 19.6 Å². The molecule has 3 aromatic carbocycles. The summed E-state index contributed by atoms with van der Waals surface area (Å²) in [5.74, 6) is -0.643. The summed E-state index contributed by atoms with van der Waals surface area (Å²) in [6.07, 6.45) is 0.169. The van der Waals surface area contributed by atoms with Gasteiger partial charge in [-0.25, -0.2) is 4.79 Å². The van der Waals surface area contributed by atoms with Crippen molar-refractivity contribution in [2.24, 2.45) is 0 Å². The van der Waals surface area contributed by atoms with Crippen LogP contribution in [0.1, 0.15) is 28.5 Å². The molecule has 39 heavy (non-hydrogen) atoms. The van der Waals surface area contributed by atoms with Gasteiger partial charge in [0.15, 0.2) is 5.82 Å². The third-order valence-corrected chi connectivity index (χ3v) is 5.87. The lowest BCUT2D eigenvalue weighted by Gasteiger charge is -2.09. The molecule has 5 rings (SSSR count). The van der Waals surface area contributed by atoms with Gasteiger partial charge in [0.2, 0.25) is 5.91 Å². The minimum absolute atomic E-state index is 0.0709. The number of para-hydroxylation sites is 1. The summed E-state index contributed by atoms with van der Waals surface area (Å²) in [6, 6.07) is 20.9. The monoisotopic (exact) mass is 522 g/mol. The number of fused-ring (bicyclic) bond motifs is 1. The molecule has 11 nitrogen and oxygen atoms in total. The van der Waals surface area contributed by atoms with E-state index in [1.165, 1.54) is 18.2 Å². The zero-order valence-electron chi connectivity index (χ0n) is 20.7. The molecule has 0 radical (unpaired) electrons. The molecule has 0 bridgehead atoms. The van der Waals surface area contributed by atoms with Crippen molar-refractivity contribution in [3.05, 3.63) is 94.1 Å². The zero-order chi connectivity index (χ0) is 27.4. The molecule has 11 heteroatoms. The van der Waals surface area contributed by atoms with Crippen molar-refractivity contribution in [3.63, 3.8) is 0 Å². The van der Waals surface area contributed by atoms with Gasteiger partial charge >= 0.3 is 5.76 Å². The van der Waals surface area contributed by atoms with Gasteiger partial charge < -0.3 is 20.4 Å². The maximum atomic E-state index is 13.2. The highest BCUT2D eigenvalue weighted by Crippen LogP contribution is 2.28. The molecule has 2 heterocycles. The molecule has 2 amide bonds. The molecule has 0 atom stereocenters. The third-order valence-electron chi connectivity index (χ3n) is 5.87. The first-order valence-corrected chi connectivity index (χ1v) is 12.0. The average Bonchev–Trinajstić information content (AvgIpc) is 3.57. The summed E-state index contributed by atoms with van der Waals surface area (Å²) < 4.78 is 10.0. The second-order valence-corrected chi connectivity index (χ2v) is 8.52. The predicted octanol–water partition coefficient (Wildman–Crippen LogP) is 4.22. The van der Waals surface area contributed by atoms with E-state index >= 15 is 0 Å². The number of carbonyl (C=O) groups is 2. The highest BCUT2D eigenvalue weighted by atomic mass is 16.5. The Hall–Kier alpha value is -5.63. The van der Waals surface area contributed by atoms with Gasteiger partial charge in [0.05, 0.1) is 41.6 Å². The van der Waals surface area contributed by atoms with Gasteiger partial charge in [-0.1, -0.05) is 29.4 Å². The summed E-state index contributed by atoms with van der Waals surface area (Å²) >= 11 is 0. The number of nitriles is 1. The molecule has 194 valence electrons. The molecule has 0 aliphatic heterocycles. The van der Waals surface area contributed by atoms with Crippen molar-refractivity contribution < 1.29 is 18.8 Å². The molecular formula is C28H22N6O5. The van der Waals surface area contributed by atoms with E-state index in [-0.39, 0.29) is 23.8 Å². The number of aromatic amines is 2. The molecule has 2 aromatic heterocycles. The largest absolute Gasteiger partial charge is 0.494 e. The molecule has 0 fully saturated rings. The predicted molar refractivity (Wildman–Crippen MR) is 143 cm³/mol. The first kappa shape index (κ1) is 25.0. The number of nitrogens with one attached hydrogen (secondary N) is 4. The minimum atomic E-state index is -0.766. The number of rotatable bonds is 8. The Balaban J connectivity index is 1.35. The fourth-order valence-electron chi connectivity index (χ4n) is 4.09. The SMILES string of the molecule is CCOc1ccc(CC(=O)Nc2cccc3cc(C(=O)Nc4ccc(C#N)cc4-c4noc(=O)[nH]4)[nH]c23)cc1. The Bertz CT molecular complexity index is 1770. The number of benzene rings is 3. The maximum absolute atomic E-state index is 13.2. The van der Waals surface area contributed by atoms with Crippen LogP contribution in [0.15, 0.2) is 76.0 Å². The fraction of sp³-hybridized carbons (Fsp3) is 0.107. The third kappa shape index (κ3) is 5.55. The Morgan fingerprint density at radius 2 is 1.85 bits per heavy atom. The van der Waals surface area contributed by atoms with E-state index in [0.717, 1.165) is 16.7 Å². The average molecular weight is 523 g/mol. The van der Waals surface area contributed by atoms with E-state index in [0.29, 0.717) is 34.6 Å². The van der Waals surface area contributed by atoms with Gasteiger partial charge in [0, 0.05) is 10.9 Å². The van der Waals surface area contributed by atoms with Crippen LogP contribution in [-0.2, 0) is 11.2 Å². The topological polar surface area (TPSA) is 166 Å². The summed E-state index contributed by atoms with van der Waals surface area (Å²) in [5, 5.41) is 19.3. The van der Waals surface area contributed by atoms with Crippen LogP contribution in [-0.4, -0.2) is 33.5 Å². The van der Waals surface area contributed by atoms with Crippen LogP contribution in [0.25, 0.3) is 22.3 Å². The smallest absolute Gasteiger partial charge is 0.439 e. The molecular weight excluding hydrogens is 500 g/mol. The van der Waals surface area contributed by atoms with Crippen LogP contribution in [0.5, 0.6) is 5.75 Å². The number of nitrogens with zero attached hydrogens (tertiary/aromatic N) is 2. The number of anilines is 2. The van der Waals surface area contributed by atoms with Crippen molar-refractivity contribution in [3.8, 4) is 23.2 Å². The van der Waals surface area contributed by atoms with Crippen LogP contribution in [0.3, 0.4) is 0 Å². The molecule has 0 aliphatic carbocycles. The van der Waals surface area contributed by atoms with Gasteiger partial charge in [0.25, 0.3) is 5.91 Å². The molecule has 0 spiro atoms. The van der Waals surface area contributed by atoms with Gasteiger partial charge in [-0.15, -0.1) is 0 Å². The van der Waals surface area contributed by atoms with Crippen LogP contribution in [0.2, 0.25) is 0 Å². The number of amides is 2. The van der Waals surface area contributed by atoms with Gasteiger partial charge in [-0.2, -0.15) is 5.26 Å². The zero-order valence-corrected chi connectivity index (χ0v) is 20.7. The summed E-state index contributed by atoms with van der Waals surface area (Å²) in [7, 11) is 0. The Morgan fingerprint density at radius 3 is 2.56 bits per heavy atom. The highest BCUT2D eigenvalue weighted by molar-refractivity contribution is 6.09. The van der Waals surface area contributed by atoms with E-state index < -0.39 is 11.7 Å². The number of hydrogen-bond acceptors (Lipinski definition) is 7. The Morgan fingerprint density at radius 1 is 1.03 bits per heavy atom. The Labute approximate surface area is 221 Å². The number of H-pyrrole nitrogens is 2. The van der Waals surface area contributed by atoms with E-state index in [1.54, 1.807) is 18.2 Å². The molecule has 4 N–H and O–H groups in total. The summed E-state index contributed by atoms with van der Waals surface area (Å²) in [5.41, 5.74) is 3.12. The van der Waals surface area contributed by atoms with Crippen molar-refractivity contribution in [2.75, 3.05) is 17.2 Å². The van der Waals surface area contributed by atoms with E-state index in [1.807, 2.05) is 43.3 Å². The van der Waals surface area contributed by atoms with E-state index in [4.69, 9.17) is 4.74 Å². The van der Waals surface area contributed by atoms with Crippen molar-refractivity contribution in [1.82, 2.24) is 15.1 Å². The highest BCUT2D eigenvalue weighted by Gasteiger charge is 2.17. The van der Waals surface area contributed by atoms with Crippen molar-refractivity contribution in [2.45, 2.75) is 13.3 Å². The van der Waals surface area contributed by atoms with Gasteiger partial charge in [0.1, 0.15) is 11.4 Å². The number of ether oxygens (including phenoxy) is 1. The molecule has 0 unspecified atom stereocenters. The van der Waals surface area contributed by atoms with Crippen molar-refractivity contribution >= 4 is 34.1 Å². The molecule has 5 aromatic rings. The second kappa shape index (κ2) is 10.8. The van der Waals surface area contributed by atoms with Gasteiger partial charge in [-0.05, 0) is 55.0 Å². The van der Waals surface area contributed by atoms with Gasteiger partial charge in [-0.3, -0.25) is 19.1 Å². The van der Waals surface area contributed by atoms with E-state index in [2.05, 4.69) is 30.3 Å². The first-order chi connectivity index (χ1) is 18.9. The maximum Gasteiger partial charge on any atom is 0.439 e. The minimum Gasteiger partial charge on any atom is -0.494 e. The standard InChI is InChI=1S/C28H22N6O5/c1-2-38-19-9-6-16(7-10-19)13-24(35)30-22-5-3-4-18-14-23(31-25(18)22)27(36)32-21-11-8-17(15-29)12-20(21)26-33-28(37)39-34-26/h3-12,14,31H,2,13H2,1H3,(H,30,35)(H,32,36)(H,33,34,37). The lowest BCUT2D eigenvalue weighted by atomic mass is 10.1. The first-order valence-electron chi connectivity index (χ1n) is 12.0. The van der Waals surface area contributed by atoms with Crippen LogP contribution in [0, 0.1) is 11.3 Å². The lowest BCUT2D eigenvalue weighted by Crippen LogP contribution is -2.15. The normalized spacial score (nSPS) is 10.7. The molecule has 0 saturated carbocycles. The van der Waals surface area contributed by atoms with Crippen LogP contribution in [0.4, 0.5) is 11.4 Å². The fourth-order valence-corrected chi connectivity index (χ4v) is 4.09. The quantitative estimate of drug-likeness (QED) is 0.237. The number of hydrogen-bond donors (Lipinski definition) is 4. The summed E-state index contributed by atoms with van der Waals surface area (Å²) in [4.78, 5) is 42.8. The van der Waals surface area contributed by atoms with Crippen LogP contribution < -0.4 is 21.1 Å². The summed E-state index contributed by atoms with van der Waals surface area (Å²) in [6.45, 7) is 2.47. The molecule has 0 saturated heterocycles. The number of carbonyl (C=O) groups excluding carboxylic acids is 2. The second-order valence-electron chi connectivity index (χ2n) is 8.52.